The number of ether oxygens (including phenoxy) is 2. The molecule has 0 atom stereocenters. The normalized spacial score (nSPS) is 11.7. The summed E-state index contributed by atoms with van der Waals surface area (Å²) in [5.74, 6) is 0.760. The van der Waals surface area contributed by atoms with Gasteiger partial charge in [-0.3, -0.25) is 9.36 Å². The Morgan fingerprint density at radius 3 is 2.59 bits per heavy atom. The third-order valence-corrected chi connectivity index (χ3v) is 5.04. The zero-order chi connectivity index (χ0) is 24.6. The smallest absolute Gasteiger partial charge is 0.293 e. The molecule has 0 spiro atoms. The quantitative estimate of drug-likeness (QED) is 0.322. The van der Waals surface area contributed by atoms with Crippen LogP contribution in [0.15, 0.2) is 35.4 Å². The number of methoxy groups -OCH3 is 1. The van der Waals surface area contributed by atoms with Crippen LogP contribution in [0.1, 0.15) is 27.2 Å². The molecular formula is C24H34N6O4. The minimum Gasteiger partial charge on any atom is -0.481 e. The molecule has 184 valence electrons. The monoisotopic (exact) mass is 470 g/mol. The highest BCUT2D eigenvalue weighted by atomic mass is 16.5. The molecule has 3 heterocycles. The van der Waals surface area contributed by atoms with Gasteiger partial charge in [0.05, 0.1) is 24.8 Å². The average molecular weight is 471 g/mol. The van der Waals surface area contributed by atoms with Gasteiger partial charge in [0, 0.05) is 62.4 Å². The lowest BCUT2D eigenvalue weighted by Crippen LogP contribution is -2.37. The minimum atomic E-state index is -0.798. The highest BCUT2D eigenvalue weighted by Crippen LogP contribution is 2.23. The fourth-order valence-corrected chi connectivity index (χ4v) is 3.35. The van der Waals surface area contributed by atoms with Gasteiger partial charge in [0.15, 0.2) is 11.5 Å². The number of aromatic nitrogens is 4. The van der Waals surface area contributed by atoms with Crippen LogP contribution >= 0.6 is 0 Å². The molecule has 0 bridgehead atoms. The molecule has 0 aliphatic rings. The molecule has 0 fully saturated rings. The van der Waals surface area contributed by atoms with Gasteiger partial charge in [-0.05, 0) is 32.4 Å². The van der Waals surface area contributed by atoms with Crippen LogP contribution in [0.5, 0.6) is 5.88 Å². The van der Waals surface area contributed by atoms with Gasteiger partial charge in [0.1, 0.15) is 0 Å². The number of hydrogen-bond acceptors (Lipinski definition) is 9. The molecular weight excluding hydrogens is 436 g/mol. The molecule has 0 saturated heterocycles. The van der Waals surface area contributed by atoms with Crippen molar-refractivity contribution in [1.82, 2.24) is 24.8 Å². The largest absolute Gasteiger partial charge is 0.481 e. The van der Waals surface area contributed by atoms with Crippen molar-refractivity contribution in [2.75, 3.05) is 45.3 Å². The maximum absolute atomic E-state index is 13.3. The van der Waals surface area contributed by atoms with Crippen LogP contribution in [-0.2, 0) is 11.3 Å². The summed E-state index contributed by atoms with van der Waals surface area (Å²) in [6.07, 6.45) is 4.33. The Kier molecular flexibility index (Phi) is 8.91. The molecule has 34 heavy (non-hydrogen) atoms. The summed E-state index contributed by atoms with van der Waals surface area (Å²) in [6, 6.07) is 5.57. The fraction of sp³-hybridized carbons (Fsp3) is 0.500. The maximum Gasteiger partial charge on any atom is 0.293 e. The second-order valence-electron chi connectivity index (χ2n) is 8.60. The number of aliphatic hydroxyl groups is 1. The summed E-state index contributed by atoms with van der Waals surface area (Å²) in [4.78, 5) is 26.5. The van der Waals surface area contributed by atoms with Gasteiger partial charge in [0.2, 0.25) is 5.88 Å². The van der Waals surface area contributed by atoms with Crippen molar-refractivity contribution in [2.24, 2.45) is 0 Å². The first-order valence-corrected chi connectivity index (χ1v) is 11.5. The van der Waals surface area contributed by atoms with E-state index in [1.807, 2.05) is 19.1 Å². The van der Waals surface area contributed by atoms with Gasteiger partial charge < -0.3 is 25.2 Å². The molecule has 0 aliphatic carbocycles. The molecule has 3 N–H and O–H groups in total. The molecule has 0 saturated carbocycles. The Morgan fingerprint density at radius 2 is 1.91 bits per heavy atom. The topological polar surface area (TPSA) is 123 Å². The number of nitrogens with zero attached hydrogens (tertiary/aromatic N) is 4. The van der Waals surface area contributed by atoms with E-state index in [2.05, 4.69) is 25.6 Å². The van der Waals surface area contributed by atoms with E-state index < -0.39 is 5.60 Å². The highest BCUT2D eigenvalue weighted by molar-refractivity contribution is 5.78. The molecule has 3 rings (SSSR count). The van der Waals surface area contributed by atoms with E-state index in [0.29, 0.717) is 56.4 Å². The van der Waals surface area contributed by atoms with Crippen LogP contribution in [0, 0.1) is 0 Å². The lowest BCUT2D eigenvalue weighted by molar-refractivity contribution is 0.0804. The first kappa shape index (κ1) is 25.5. The molecule has 10 nitrogen and oxygen atoms in total. The summed E-state index contributed by atoms with van der Waals surface area (Å²) in [7, 11) is 1.57. The summed E-state index contributed by atoms with van der Waals surface area (Å²) < 4.78 is 12.4. The van der Waals surface area contributed by atoms with Crippen LogP contribution in [0.4, 0.5) is 5.82 Å². The number of nitrogens with one attached hydrogen (secondary N) is 2. The van der Waals surface area contributed by atoms with Gasteiger partial charge in [-0.25, -0.2) is 15.0 Å². The van der Waals surface area contributed by atoms with Crippen molar-refractivity contribution < 1.29 is 14.6 Å². The van der Waals surface area contributed by atoms with E-state index in [1.54, 1.807) is 44.0 Å². The van der Waals surface area contributed by atoms with Crippen LogP contribution in [0.2, 0.25) is 0 Å². The van der Waals surface area contributed by atoms with Crippen molar-refractivity contribution in [3.05, 3.63) is 40.9 Å². The Hall–Kier alpha value is -3.08. The van der Waals surface area contributed by atoms with Gasteiger partial charge in [-0.2, -0.15) is 0 Å². The van der Waals surface area contributed by atoms with Gasteiger partial charge in [-0.1, -0.05) is 6.92 Å². The molecule has 3 aromatic heterocycles. The summed E-state index contributed by atoms with van der Waals surface area (Å²) in [5.41, 5.74) is 1.74. The second-order valence-corrected chi connectivity index (χ2v) is 8.60. The predicted octanol–water partition coefficient (Wildman–Crippen LogP) is 2.06. The Labute approximate surface area is 199 Å². The van der Waals surface area contributed by atoms with Crippen molar-refractivity contribution >= 4 is 17.0 Å². The van der Waals surface area contributed by atoms with Crippen molar-refractivity contribution in [3.8, 4) is 17.0 Å². The Balaban J connectivity index is 1.88. The lowest BCUT2D eigenvalue weighted by Gasteiger charge is -2.18. The molecule has 0 amide bonds. The molecule has 0 unspecified atom stereocenters. The van der Waals surface area contributed by atoms with Gasteiger partial charge >= 0.3 is 0 Å². The van der Waals surface area contributed by atoms with Crippen molar-refractivity contribution in [3.63, 3.8) is 0 Å². The number of hydrogen-bond donors (Lipinski definition) is 3. The van der Waals surface area contributed by atoms with Gasteiger partial charge in [-0.15, -0.1) is 0 Å². The Bertz CT molecular complexity index is 1130. The number of anilines is 1. The van der Waals surface area contributed by atoms with Gasteiger partial charge in [0.25, 0.3) is 5.56 Å². The maximum atomic E-state index is 13.3. The number of pyridine rings is 2. The van der Waals surface area contributed by atoms with E-state index in [1.165, 1.54) is 0 Å². The van der Waals surface area contributed by atoms with Crippen molar-refractivity contribution in [2.45, 2.75) is 39.3 Å². The SMILES string of the molecule is CCCOCCn1c(=O)c(NCCNCC(C)(C)O)nc2ncc(-c3ccc(OC)nc3)cc21. The van der Waals surface area contributed by atoms with Crippen LogP contribution in [-0.4, -0.2) is 70.2 Å². The minimum absolute atomic E-state index is 0.234. The van der Waals surface area contributed by atoms with Crippen LogP contribution in [0.25, 0.3) is 22.3 Å². The molecule has 0 aromatic carbocycles. The van der Waals surface area contributed by atoms with E-state index in [9.17, 15) is 9.90 Å². The summed E-state index contributed by atoms with van der Waals surface area (Å²) in [5, 5.41) is 16.1. The third-order valence-electron chi connectivity index (χ3n) is 5.04. The zero-order valence-corrected chi connectivity index (χ0v) is 20.3. The molecule has 3 aromatic rings. The zero-order valence-electron chi connectivity index (χ0n) is 20.3. The lowest BCUT2D eigenvalue weighted by atomic mass is 10.1. The van der Waals surface area contributed by atoms with Crippen LogP contribution in [0.3, 0.4) is 0 Å². The average Bonchev–Trinajstić information content (AvgIpc) is 2.82. The molecule has 10 heteroatoms. The van der Waals surface area contributed by atoms with E-state index in [0.717, 1.165) is 17.5 Å². The van der Waals surface area contributed by atoms with E-state index in [4.69, 9.17) is 9.47 Å². The van der Waals surface area contributed by atoms with Crippen LogP contribution < -0.4 is 20.9 Å². The standard InChI is InChI=1S/C24H34N6O4/c1-5-11-34-12-10-30-19-13-18(17-6-7-20(33-4)27-14-17)15-28-21(19)29-22(23(30)31)26-9-8-25-16-24(2,3)32/h6-7,13-15,25,32H,5,8-12,16H2,1-4H3,(H,26,28,29). The Morgan fingerprint density at radius 1 is 1.12 bits per heavy atom. The first-order valence-electron chi connectivity index (χ1n) is 11.5. The summed E-state index contributed by atoms with van der Waals surface area (Å²) in [6.45, 7) is 8.44. The highest BCUT2D eigenvalue weighted by Gasteiger charge is 2.14. The van der Waals surface area contributed by atoms with E-state index in [-0.39, 0.29) is 11.4 Å². The second kappa shape index (κ2) is 11.9. The summed E-state index contributed by atoms with van der Waals surface area (Å²) >= 11 is 0. The number of fused-ring (bicyclic) bond motifs is 1. The van der Waals surface area contributed by atoms with Crippen molar-refractivity contribution in [1.29, 1.82) is 0 Å². The molecule has 0 radical (unpaired) electrons. The fourth-order valence-electron chi connectivity index (χ4n) is 3.35. The number of rotatable bonds is 13. The first-order chi connectivity index (χ1) is 16.3. The predicted molar refractivity (Wildman–Crippen MR) is 132 cm³/mol. The molecule has 0 aliphatic heterocycles. The van der Waals surface area contributed by atoms with E-state index >= 15 is 0 Å². The third kappa shape index (κ3) is 6.96.